The summed E-state index contributed by atoms with van der Waals surface area (Å²) in [4.78, 5) is 82.0. The number of carbonyl (C=O) groups is 7. The standard InChI is InChI=1S/C20H33N5O10S/c1-36-9-8-12(19(33)25-13(20(34)35)3-5-14(22)26)24-18(32)11(4-7-16(29)30)23-17(31)10(21)2-6-15(27)28/h10-13H,2-9,21H2,1H3,(H2,22,26)(H,23,31)(H,24,32)(H,25,33)(H,27,28)(H,29,30)(H,34,35). The van der Waals surface area contributed by atoms with Gasteiger partial charge in [-0.1, -0.05) is 0 Å². The predicted molar refractivity (Wildman–Crippen MR) is 127 cm³/mol. The lowest BCUT2D eigenvalue weighted by atomic mass is 10.1. The molecule has 36 heavy (non-hydrogen) atoms. The number of carbonyl (C=O) groups excluding carboxylic acids is 4. The van der Waals surface area contributed by atoms with Crippen molar-refractivity contribution < 1.29 is 48.9 Å². The molecule has 10 N–H and O–H groups in total. The summed E-state index contributed by atoms with van der Waals surface area (Å²) in [6.45, 7) is 0. The van der Waals surface area contributed by atoms with Crippen LogP contribution in [0.2, 0.25) is 0 Å². The van der Waals surface area contributed by atoms with Crippen molar-refractivity contribution in [1.82, 2.24) is 16.0 Å². The van der Waals surface area contributed by atoms with E-state index in [9.17, 15) is 38.7 Å². The van der Waals surface area contributed by atoms with Gasteiger partial charge < -0.3 is 42.7 Å². The zero-order valence-corrected chi connectivity index (χ0v) is 20.5. The number of carboxylic acid groups (broad SMARTS) is 3. The third-order valence-corrected chi connectivity index (χ3v) is 5.47. The molecule has 0 aromatic rings. The van der Waals surface area contributed by atoms with Crippen LogP contribution in [0.15, 0.2) is 0 Å². The lowest BCUT2D eigenvalue weighted by Crippen LogP contribution is -2.57. The molecule has 0 fully saturated rings. The molecule has 0 saturated carbocycles. The highest BCUT2D eigenvalue weighted by Crippen LogP contribution is 2.07. The van der Waals surface area contributed by atoms with Crippen LogP contribution in [-0.2, 0) is 33.6 Å². The van der Waals surface area contributed by atoms with E-state index in [1.807, 2.05) is 0 Å². The Hall–Kier alpha value is -3.40. The molecular formula is C20H33N5O10S. The molecule has 0 aliphatic rings. The topological polar surface area (TPSA) is 268 Å². The molecule has 4 atom stereocenters. The van der Waals surface area contributed by atoms with Crippen LogP contribution in [0.1, 0.15) is 44.9 Å². The monoisotopic (exact) mass is 535 g/mol. The maximum atomic E-state index is 12.9. The maximum Gasteiger partial charge on any atom is 0.326 e. The van der Waals surface area contributed by atoms with E-state index in [2.05, 4.69) is 16.0 Å². The van der Waals surface area contributed by atoms with Gasteiger partial charge in [-0.3, -0.25) is 28.8 Å². The van der Waals surface area contributed by atoms with Crippen molar-refractivity contribution in [2.75, 3.05) is 12.0 Å². The smallest absolute Gasteiger partial charge is 0.326 e. The number of hydrogen-bond acceptors (Lipinski definition) is 9. The van der Waals surface area contributed by atoms with Crippen molar-refractivity contribution in [3.8, 4) is 0 Å². The van der Waals surface area contributed by atoms with Gasteiger partial charge >= 0.3 is 17.9 Å². The van der Waals surface area contributed by atoms with E-state index in [1.165, 1.54) is 11.8 Å². The van der Waals surface area contributed by atoms with E-state index in [4.69, 9.17) is 21.7 Å². The number of amides is 4. The number of hydrogen-bond donors (Lipinski definition) is 8. The van der Waals surface area contributed by atoms with Gasteiger partial charge in [-0.25, -0.2) is 4.79 Å². The summed E-state index contributed by atoms with van der Waals surface area (Å²) in [5.74, 6) is -6.91. The summed E-state index contributed by atoms with van der Waals surface area (Å²) >= 11 is 1.34. The number of carboxylic acids is 3. The van der Waals surface area contributed by atoms with Crippen LogP contribution in [0, 0.1) is 0 Å². The molecule has 0 saturated heterocycles. The highest BCUT2D eigenvalue weighted by molar-refractivity contribution is 7.98. The average Bonchev–Trinajstić information content (AvgIpc) is 2.79. The maximum absolute atomic E-state index is 12.9. The van der Waals surface area contributed by atoms with Crippen LogP contribution in [0.5, 0.6) is 0 Å². The Bertz CT molecular complexity index is 825. The average molecular weight is 536 g/mol. The Balaban J connectivity index is 5.52. The minimum Gasteiger partial charge on any atom is -0.481 e. The zero-order valence-electron chi connectivity index (χ0n) is 19.7. The van der Waals surface area contributed by atoms with E-state index < -0.39 is 78.5 Å². The number of nitrogens with two attached hydrogens (primary N) is 2. The van der Waals surface area contributed by atoms with Crippen molar-refractivity contribution in [1.29, 1.82) is 0 Å². The molecule has 0 aromatic heterocycles. The summed E-state index contributed by atoms with van der Waals surface area (Å²) in [6, 6.07) is -5.39. The summed E-state index contributed by atoms with van der Waals surface area (Å²) < 4.78 is 0. The van der Waals surface area contributed by atoms with Gasteiger partial charge in [-0.05, 0) is 37.7 Å². The molecule has 204 valence electrons. The Morgan fingerprint density at radius 2 is 1.14 bits per heavy atom. The third-order valence-electron chi connectivity index (χ3n) is 4.82. The molecule has 0 radical (unpaired) electrons. The Labute approximate surface area is 211 Å². The highest BCUT2D eigenvalue weighted by atomic mass is 32.2. The van der Waals surface area contributed by atoms with Gasteiger partial charge in [-0.2, -0.15) is 11.8 Å². The zero-order chi connectivity index (χ0) is 27.8. The van der Waals surface area contributed by atoms with Crippen LogP contribution in [0.3, 0.4) is 0 Å². The van der Waals surface area contributed by atoms with Crippen molar-refractivity contribution in [3.05, 3.63) is 0 Å². The van der Waals surface area contributed by atoms with Gasteiger partial charge in [-0.15, -0.1) is 0 Å². The number of rotatable bonds is 19. The minimum absolute atomic E-state index is 0.0681. The normalized spacial score (nSPS) is 13.9. The van der Waals surface area contributed by atoms with Gasteiger partial charge in [0.15, 0.2) is 0 Å². The second-order valence-corrected chi connectivity index (χ2v) is 8.77. The van der Waals surface area contributed by atoms with Crippen LogP contribution in [0.4, 0.5) is 0 Å². The van der Waals surface area contributed by atoms with Crippen LogP contribution in [0.25, 0.3) is 0 Å². The molecule has 0 aliphatic carbocycles. The van der Waals surface area contributed by atoms with E-state index in [0.29, 0.717) is 5.75 Å². The van der Waals surface area contributed by atoms with Gasteiger partial charge in [0.2, 0.25) is 23.6 Å². The molecule has 0 aliphatic heterocycles. The molecular weight excluding hydrogens is 502 g/mol. The Morgan fingerprint density at radius 3 is 1.61 bits per heavy atom. The summed E-state index contributed by atoms with van der Waals surface area (Å²) in [5.41, 5.74) is 10.7. The summed E-state index contributed by atoms with van der Waals surface area (Å²) in [7, 11) is 0. The first-order chi connectivity index (χ1) is 16.8. The van der Waals surface area contributed by atoms with Crippen LogP contribution < -0.4 is 27.4 Å². The fourth-order valence-electron chi connectivity index (χ4n) is 2.82. The first kappa shape index (κ1) is 32.6. The van der Waals surface area contributed by atoms with Gasteiger partial charge in [0.25, 0.3) is 0 Å². The molecule has 0 bridgehead atoms. The van der Waals surface area contributed by atoms with E-state index in [-0.39, 0.29) is 32.1 Å². The lowest BCUT2D eigenvalue weighted by Gasteiger charge is -2.25. The Morgan fingerprint density at radius 1 is 0.694 bits per heavy atom. The quantitative estimate of drug-likeness (QED) is 0.0860. The Kier molecular flexibility index (Phi) is 15.5. The van der Waals surface area contributed by atoms with E-state index in [0.717, 1.165) is 0 Å². The van der Waals surface area contributed by atoms with Gasteiger partial charge in [0.1, 0.15) is 18.1 Å². The van der Waals surface area contributed by atoms with Crippen molar-refractivity contribution >= 4 is 53.3 Å². The first-order valence-electron chi connectivity index (χ1n) is 10.9. The fraction of sp³-hybridized carbons (Fsp3) is 0.650. The molecule has 4 amide bonds. The molecule has 15 nitrogen and oxygen atoms in total. The van der Waals surface area contributed by atoms with Gasteiger partial charge in [0, 0.05) is 19.3 Å². The molecule has 4 unspecified atom stereocenters. The molecule has 0 rings (SSSR count). The molecule has 0 aromatic carbocycles. The van der Waals surface area contributed by atoms with Crippen LogP contribution >= 0.6 is 11.8 Å². The molecule has 0 heterocycles. The van der Waals surface area contributed by atoms with E-state index in [1.54, 1.807) is 6.26 Å². The third kappa shape index (κ3) is 14.1. The summed E-state index contributed by atoms with van der Waals surface area (Å²) in [5, 5.41) is 33.9. The second kappa shape index (κ2) is 17.1. The minimum atomic E-state index is -1.45. The predicted octanol–water partition coefficient (Wildman–Crippen LogP) is -2.40. The second-order valence-electron chi connectivity index (χ2n) is 7.78. The SMILES string of the molecule is CSCCC(NC(=O)C(CCC(=O)O)NC(=O)C(N)CCC(=O)O)C(=O)NC(CCC(N)=O)C(=O)O. The number of aliphatic carboxylic acids is 3. The molecule has 16 heteroatoms. The fourth-order valence-corrected chi connectivity index (χ4v) is 3.29. The van der Waals surface area contributed by atoms with Crippen molar-refractivity contribution in [3.63, 3.8) is 0 Å². The molecule has 0 spiro atoms. The first-order valence-corrected chi connectivity index (χ1v) is 12.3. The van der Waals surface area contributed by atoms with Crippen LogP contribution in [-0.4, -0.2) is 93.0 Å². The van der Waals surface area contributed by atoms with E-state index >= 15 is 0 Å². The lowest BCUT2D eigenvalue weighted by molar-refractivity contribution is -0.142. The van der Waals surface area contributed by atoms with Gasteiger partial charge in [0.05, 0.1) is 6.04 Å². The number of thioether (sulfide) groups is 1. The largest absolute Gasteiger partial charge is 0.481 e. The summed E-state index contributed by atoms with van der Waals surface area (Å²) in [6.07, 6.45) is -0.274. The number of primary amides is 1. The van der Waals surface area contributed by atoms with Crippen molar-refractivity contribution in [2.24, 2.45) is 11.5 Å². The highest BCUT2D eigenvalue weighted by Gasteiger charge is 2.30. The number of nitrogens with one attached hydrogen (secondary N) is 3. The van der Waals surface area contributed by atoms with Crippen molar-refractivity contribution in [2.45, 2.75) is 69.1 Å².